The Bertz CT molecular complexity index is 348. The minimum absolute atomic E-state index is 0.0967. The second kappa shape index (κ2) is 6.66. The second-order valence-electron chi connectivity index (χ2n) is 8.45. The molecule has 1 aliphatic heterocycles. The molecule has 1 saturated heterocycles. The molecule has 0 bridgehead atoms. The van der Waals surface area contributed by atoms with Crippen molar-refractivity contribution in [3.8, 4) is 0 Å². The SMILES string of the molecule is CC(C)CCCCC1(C(=O)OC(C)(C)CC(C)(C)C)OO1. The highest BCUT2D eigenvalue weighted by molar-refractivity contribution is 5.79. The number of ether oxygens (including phenoxy) is 1. The van der Waals surface area contributed by atoms with E-state index in [0.717, 1.165) is 25.7 Å². The van der Waals surface area contributed by atoms with Gasteiger partial charge in [0.2, 0.25) is 0 Å². The molecule has 1 fully saturated rings. The molecule has 1 heterocycles. The van der Waals surface area contributed by atoms with Gasteiger partial charge in [0.05, 0.1) is 0 Å². The van der Waals surface area contributed by atoms with Crippen LogP contribution in [0.3, 0.4) is 0 Å². The van der Waals surface area contributed by atoms with Crippen molar-refractivity contribution in [2.75, 3.05) is 0 Å². The van der Waals surface area contributed by atoms with Gasteiger partial charge in [0.15, 0.2) is 0 Å². The zero-order valence-electron chi connectivity index (χ0n) is 14.7. The van der Waals surface area contributed by atoms with Crippen LogP contribution < -0.4 is 0 Å². The molecule has 1 aliphatic rings. The highest BCUT2D eigenvalue weighted by Gasteiger charge is 2.58. The Kier molecular flexibility index (Phi) is 5.84. The van der Waals surface area contributed by atoms with Crippen molar-refractivity contribution in [3.05, 3.63) is 0 Å². The van der Waals surface area contributed by atoms with E-state index in [2.05, 4.69) is 34.6 Å². The number of hydrogen-bond donors (Lipinski definition) is 0. The third kappa shape index (κ3) is 6.79. The van der Waals surface area contributed by atoms with Gasteiger partial charge >= 0.3 is 11.8 Å². The molecule has 0 saturated carbocycles. The number of unbranched alkanes of at least 4 members (excludes halogenated alkanes) is 1. The van der Waals surface area contributed by atoms with Crippen molar-refractivity contribution >= 4 is 5.97 Å². The Balaban J connectivity index is 2.43. The smallest absolute Gasteiger partial charge is 0.373 e. The predicted octanol–water partition coefficient (Wildman–Crippen LogP) is 4.62. The fourth-order valence-corrected chi connectivity index (χ4v) is 2.86. The quantitative estimate of drug-likeness (QED) is 0.284. The van der Waals surface area contributed by atoms with Gasteiger partial charge in [-0.2, -0.15) is 9.78 Å². The molecule has 0 N–H and O–H groups in total. The first kappa shape index (κ1) is 18.4. The molecule has 0 radical (unpaired) electrons. The molecule has 0 amide bonds. The standard InChI is InChI=1S/C17H32O4/c1-13(2)10-8-9-11-17(20-21-17)14(18)19-16(6,7)12-15(3,4)5/h13H,8-12H2,1-7H3. The lowest BCUT2D eigenvalue weighted by Crippen LogP contribution is -2.38. The summed E-state index contributed by atoms with van der Waals surface area (Å²) in [6, 6.07) is 0. The van der Waals surface area contributed by atoms with Crippen molar-refractivity contribution in [1.82, 2.24) is 0 Å². The monoisotopic (exact) mass is 300 g/mol. The van der Waals surface area contributed by atoms with E-state index >= 15 is 0 Å². The van der Waals surface area contributed by atoms with Crippen molar-refractivity contribution in [1.29, 1.82) is 0 Å². The molecule has 0 unspecified atom stereocenters. The van der Waals surface area contributed by atoms with Gasteiger partial charge in [-0.25, -0.2) is 4.79 Å². The number of rotatable bonds is 8. The summed E-state index contributed by atoms with van der Waals surface area (Å²) < 4.78 is 5.63. The van der Waals surface area contributed by atoms with Gasteiger partial charge in [-0.15, -0.1) is 0 Å². The molecule has 1 rings (SSSR count). The Morgan fingerprint density at radius 3 is 2.10 bits per heavy atom. The molecular weight excluding hydrogens is 268 g/mol. The van der Waals surface area contributed by atoms with E-state index in [1.54, 1.807) is 0 Å². The minimum Gasteiger partial charge on any atom is -0.456 e. The fourth-order valence-electron chi connectivity index (χ4n) is 2.86. The first-order chi connectivity index (χ1) is 9.46. The van der Waals surface area contributed by atoms with Gasteiger partial charge in [-0.3, -0.25) is 0 Å². The third-order valence-corrected chi connectivity index (χ3v) is 3.46. The average Bonchev–Trinajstić information content (AvgIpc) is 3.00. The van der Waals surface area contributed by atoms with E-state index in [9.17, 15) is 4.79 Å². The van der Waals surface area contributed by atoms with Crippen LogP contribution in [-0.2, 0) is 19.3 Å². The summed E-state index contributed by atoms with van der Waals surface area (Å²) in [6.07, 6.45) is 4.50. The second-order valence-corrected chi connectivity index (χ2v) is 8.45. The van der Waals surface area contributed by atoms with Crippen LogP contribution in [-0.4, -0.2) is 17.4 Å². The van der Waals surface area contributed by atoms with Gasteiger partial charge in [-0.05, 0) is 38.0 Å². The van der Waals surface area contributed by atoms with E-state index in [0.29, 0.717) is 12.3 Å². The van der Waals surface area contributed by atoms with Gasteiger partial charge in [-0.1, -0.05) is 47.5 Å². The van der Waals surface area contributed by atoms with Crippen LogP contribution in [0.1, 0.15) is 80.6 Å². The summed E-state index contributed by atoms with van der Waals surface area (Å²) in [5.41, 5.74) is -0.422. The largest absolute Gasteiger partial charge is 0.456 e. The van der Waals surface area contributed by atoms with Crippen LogP contribution >= 0.6 is 0 Å². The lowest BCUT2D eigenvalue weighted by molar-refractivity contribution is -0.167. The molecule has 4 heteroatoms. The van der Waals surface area contributed by atoms with Crippen LogP contribution in [0.4, 0.5) is 0 Å². The summed E-state index contributed by atoms with van der Waals surface area (Å²) in [5, 5.41) is 0. The van der Waals surface area contributed by atoms with Crippen LogP contribution in [0.2, 0.25) is 0 Å². The van der Waals surface area contributed by atoms with Crippen molar-refractivity contribution in [3.63, 3.8) is 0 Å². The lowest BCUT2D eigenvalue weighted by atomic mass is 9.83. The Morgan fingerprint density at radius 1 is 1.10 bits per heavy atom. The molecular formula is C17H32O4. The Labute approximate surface area is 129 Å². The number of esters is 1. The lowest BCUT2D eigenvalue weighted by Gasteiger charge is -2.32. The van der Waals surface area contributed by atoms with Crippen LogP contribution in [0.5, 0.6) is 0 Å². The zero-order chi connectivity index (χ0) is 16.3. The number of carbonyl (C=O) groups is 1. The minimum atomic E-state index is -1.13. The molecule has 21 heavy (non-hydrogen) atoms. The molecule has 4 nitrogen and oxygen atoms in total. The molecule has 0 spiro atoms. The van der Waals surface area contributed by atoms with Crippen LogP contribution in [0, 0.1) is 11.3 Å². The van der Waals surface area contributed by atoms with E-state index in [-0.39, 0.29) is 11.4 Å². The van der Waals surface area contributed by atoms with E-state index in [4.69, 9.17) is 14.5 Å². The van der Waals surface area contributed by atoms with E-state index < -0.39 is 11.4 Å². The maximum Gasteiger partial charge on any atom is 0.373 e. The normalized spacial score (nSPS) is 17.9. The van der Waals surface area contributed by atoms with Crippen LogP contribution in [0.15, 0.2) is 0 Å². The van der Waals surface area contributed by atoms with E-state index in [1.165, 1.54) is 0 Å². The Morgan fingerprint density at radius 2 is 1.67 bits per heavy atom. The van der Waals surface area contributed by atoms with Gasteiger partial charge in [0.25, 0.3) is 0 Å². The van der Waals surface area contributed by atoms with Crippen molar-refractivity contribution in [2.24, 2.45) is 11.3 Å². The maximum absolute atomic E-state index is 12.3. The third-order valence-electron chi connectivity index (χ3n) is 3.46. The molecule has 124 valence electrons. The summed E-state index contributed by atoms with van der Waals surface area (Å²) in [5.74, 6) is -0.840. The highest BCUT2D eigenvalue weighted by atomic mass is 17.4. The predicted molar refractivity (Wildman–Crippen MR) is 82.5 cm³/mol. The number of carbonyl (C=O) groups excluding carboxylic acids is 1. The average molecular weight is 300 g/mol. The zero-order valence-corrected chi connectivity index (χ0v) is 14.7. The first-order valence-corrected chi connectivity index (χ1v) is 8.06. The molecule has 0 aromatic carbocycles. The maximum atomic E-state index is 12.3. The highest BCUT2D eigenvalue weighted by Crippen LogP contribution is 2.39. The number of hydrogen-bond acceptors (Lipinski definition) is 4. The summed E-state index contributed by atoms with van der Waals surface area (Å²) >= 11 is 0. The molecule has 0 aromatic heterocycles. The topological polar surface area (TPSA) is 51.4 Å². The van der Waals surface area contributed by atoms with E-state index in [1.807, 2.05) is 13.8 Å². The van der Waals surface area contributed by atoms with Crippen LogP contribution in [0.25, 0.3) is 0 Å². The van der Waals surface area contributed by atoms with Gasteiger partial charge < -0.3 is 4.74 Å². The molecule has 0 atom stereocenters. The summed E-state index contributed by atoms with van der Waals surface area (Å²) in [4.78, 5) is 22.2. The Hall–Kier alpha value is -0.610. The van der Waals surface area contributed by atoms with Gasteiger partial charge in [0.1, 0.15) is 5.60 Å². The summed E-state index contributed by atoms with van der Waals surface area (Å²) in [6.45, 7) is 14.7. The summed E-state index contributed by atoms with van der Waals surface area (Å²) in [7, 11) is 0. The van der Waals surface area contributed by atoms with Crippen molar-refractivity contribution < 1.29 is 19.3 Å². The fraction of sp³-hybridized carbons (Fsp3) is 0.941. The molecule has 0 aliphatic carbocycles. The van der Waals surface area contributed by atoms with Gasteiger partial charge in [0, 0.05) is 6.42 Å². The first-order valence-electron chi connectivity index (χ1n) is 8.06. The molecule has 0 aromatic rings. The van der Waals surface area contributed by atoms with Crippen molar-refractivity contribution in [2.45, 2.75) is 92.0 Å².